The van der Waals surface area contributed by atoms with E-state index >= 15 is 0 Å². The fourth-order valence-electron chi connectivity index (χ4n) is 3.75. The van der Waals surface area contributed by atoms with E-state index in [2.05, 4.69) is 4.74 Å². The number of rotatable bonds is 6. The summed E-state index contributed by atoms with van der Waals surface area (Å²) in [5.41, 5.74) is 1.27. The highest BCUT2D eigenvalue weighted by Crippen LogP contribution is 2.47. The van der Waals surface area contributed by atoms with Crippen LogP contribution in [-0.4, -0.2) is 36.5 Å². The zero-order chi connectivity index (χ0) is 23.5. The summed E-state index contributed by atoms with van der Waals surface area (Å²) in [7, 11) is 1.25. The second-order valence-corrected chi connectivity index (χ2v) is 7.78. The van der Waals surface area contributed by atoms with E-state index in [0.717, 1.165) is 0 Å². The Balaban J connectivity index is 1.78. The topological polar surface area (TPSA) is 99.1 Å². The van der Waals surface area contributed by atoms with Crippen molar-refractivity contribution in [3.8, 4) is 17.2 Å². The van der Waals surface area contributed by atoms with Crippen molar-refractivity contribution < 1.29 is 33.7 Å². The number of hydrogen-bond donors (Lipinski definition) is 1. The second kappa shape index (κ2) is 9.34. The molecule has 0 saturated carbocycles. The van der Waals surface area contributed by atoms with Crippen LogP contribution in [0.5, 0.6) is 17.2 Å². The van der Waals surface area contributed by atoms with Gasteiger partial charge in [-0.3, -0.25) is 9.59 Å². The molecule has 33 heavy (non-hydrogen) atoms. The van der Waals surface area contributed by atoms with E-state index in [1.165, 1.54) is 19.2 Å². The maximum atomic E-state index is 13.1. The average Bonchev–Trinajstić information content (AvgIpc) is 2.82. The molecular formula is C25H19ClO7. The molecule has 4 rings (SSSR count). The third-order valence-corrected chi connectivity index (χ3v) is 5.59. The standard InChI is InChI=1S/C25H19ClO7/c1-31-22(28)13-32-19-5-3-2-4-16(19)18-12-21(27)33-20-11-10-17(25(30)23(18)20)24(29)14-6-8-15(26)9-7-14/h2-11,18,30H,12-13H2,1H3/t18-/m0/s1. The van der Waals surface area contributed by atoms with Crippen LogP contribution in [0.4, 0.5) is 0 Å². The quantitative estimate of drug-likeness (QED) is 0.329. The fraction of sp³-hybridized carbons (Fsp3) is 0.160. The van der Waals surface area contributed by atoms with E-state index in [1.54, 1.807) is 48.5 Å². The molecular weight excluding hydrogens is 448 g/mol. The van der Waals surface area contributed by atoms with E-state index in [0.29, 0.717) is 27.5 Å². The molecule has 0 unspecified atom stereocenters. The minimum Gasteiger partial charge on any atom is -0.507 e. The molecule has 0 radical (unpaired) electrons. The predicted molar refractivity (Wildman–Crippen MR) is 119 cm³/mol. The Labute approximate surface area is 194 Å². The number of hydrogen-bond acceptors (Lipinski definition) is 7. The molecule has 0 fully saturated rings. The van der Waals surface area contributed by atoms with Gasteiger partial charge in [-0.2, -0.15) is 0 Å². The van der Waals surface area contributed by atoms with Gasteiger partial charge in [-0.15, -0.1) is 0 Å². The lowest BCUT2D eigenvalue weighted by Gasteiger charge is -2.27. The van der Waals surface area contributed by atoms with Crippen molar-refractivity contribution in [3.05, 3.63) is 87.9 Å². The number of para-hydroxylation sites is 1. The van der Waals surface area contributed by atoms with Gasteiger partial charge in [0.1, 0.15) is 17.2 Å². The zero-order valence-electron chi connectivity index (χ0n) is 17.5. The fourth-order valence-corrected chi connectivity index (χ4v) is 3.88. The first-order chi connectivity index (χ1) is 15.9. The molecule has 0 aromatic heterocycles. The molecule has 3 aromatic carbocycles. The highest BCUT2D eigenvalue weighted by atomic mass is 35.5. The number of aromatic hydroxyl groups is 1. The molecule has 8 heteroatoms. The van der Waals surface area contributed by atoms with E-state index < -0.39 is 23.6 Å². The van der Waals surface area contributed by atoms with Gasteiger partial charge in [-0.1, -0.05) is 29.8 Å². The Morgan fingerprint density at radius 1 is 1.09 bits per heavy atom. The molecule has 1 aliphatic heterocycles. The number of halogens is 1. The first kappa shape index (κ1) is 22.4. The Bertz CT molecular complexity index is 1230. The van der Waals surface area contributed by atoms with Gasteiger partial charge in [0.25, 0.3) is 0 Å². The van der Waals surface area contributed by atoms with Crippen LogP contribution in [0.2, 0.25) is 5.02 Å². The molecule has 7 nitrogen and oxygen atoms in total. The summed E-state index contributed by atoms with van der Waals surface area (Å²) < 4.78 is 15.6. The van der Waals surface area contributed by atoms with Crippen molar-refractivity contribution in [2.24, 2.45) is 0 Å². The van der Waals surface area contributed by atoms with Crippen molar-refractivity contribution in [2.45, 2.75) is 12.3 Å². The number of esters is 2. The first-order valence-corrected chi connectivity index (χ1v) is 10.4. The van der Waals surface area contributed by atoms with Crippen molar-refractivity contribution >= 4 is 29.3 Å². The summed E-state index contributed by atoms with van der Waals surface area (Å²) in [4.78, 5) is 36.9. The first-order valence-electron chi connectivity index (χ1n) is 10.0. The smallest absolute Gasteiger partial charge is 0.343 e. The normalized spacial score (nSPS) is 14.7. The maximum Gasteiger partial charge on any atom is 0.343 e. The average molecular weight is 467 g/mol. The van der Waals surface area contributed by atoms with E-state index in [9.17, 15) is 19.5 Å². The number of phenols is 1. The number of carbonyl (C=O) groups excluding carboxylic acids is 3. The van der Waals surface area contributed by atoms with E-state index in [4.69, 9.17) is 21.1 Å². The second-order valence-electron chi connectivity index (χ2n) is 7.34. The molecule has 0 saturated heterocycles. The lowest BCUT2D eigenvalue weighted by atomic mass is 9.83. The van der Waals surface area contributed by atoms with Crippen LogP contribution >= 0.6 is 11.6 Å². The van der Waals surface area contributed by atoms with Crippen molar-refractivity contribution in [1.29, 1.82) is 0 Å². The van der Waals surface area contributed by atoms with Gasteiger partial charge in [0.05, 0.1) is 19.1 Å². The largest absolute Gasteiger partial charge is 0.507 e. The monoisotopic (exact) mass is 466 g/mol. The Morgan fingerprint density at radius 2 is 1.82 bits per heavy atom. The number of ether oxygens (including phenoxy) is 3. The molecule has 0 spiro atoms. The summed E-state index contributed by atoms with van der Waals surface area (Å²) >= 11 is 5.91. The van der Waals surface area contributed by atoms with Gasteiger partial charge < -0.3 is 19.3 Å². The lowest BCUT2D eigenvalue weighted by Crippen LogP contribution is -2.22. The van der Waals surface area contributed by atoms with Gasteiger partial charge in [0.2, 0.25) is 0 Å². The van der Waals surface area contributed by atoms with Gasteiger partial charge >= 0.3 is 11.9 Å². The van der Waals surface area contributed by atoms with Gasteiger partial charge in [-0.05, 0) is 42.5 Å². The number of benzene rings is 3. The number of carbonyl (C=O) groups is 3. The Hall–Kier alpha value is -3.84. The summed E-state index contributed by atoms with van der Waals surface area (Å²) in [5.74, 6) is -1.90. The van der Waals surface area contributed by atoms with E-state index in [1.807, 2.05) is 0 Å². The highest BCUT2D eigenvalue weighted by molar-refractivity contribution is 6.30. The molecule has 0 bridgehead atoms. The number of fused-ring (bicyclic) bond motifs is 1. The van der Waals surface area contributed by atoms with Crippen molar-refractivity contribution in [1.82, 2.24) is 0 Å². The Morgan fingerprint density at radius 3 is 2.55 bits per heavy atom. The molecule has 0 amide bonds. The number of methoxy groups -OCH3 is 1. The molecule has 168 valence electrons. The van der Waals surface area contributed by atoms with Crippen LogP contribution in [0, 0.1) is 0 Å². The summed E-state index contributed by atoms with van der Waals surface area (Å²) in [5, 5.41) is 11.6. The van der Waals surface area contributed by atoms with Crippen molar-refractivity contribution in [2.75, 3.05) is 13.7 Å². The van der Waals surface area contributed by atoms with Crippen molar-refractivity contribution in [3.63, 3.8) is 0 Å². The van der Waals surface area contributed by atoms with Crippen LogP contribution in [-0.2, 0) is 14.3 Å². The minimum atomic E-state index is -0.659. The van der Waals surface area contributed by atoms with Crippen LogP contribution in [0.25, 0.3) is 0 Å². The third kappa shape index (κ3) is 4.54. The van der Waals surface area contributed by atoms with E-state index in [-0.39, 0.29) is 30.1 Å². The zero-order valence-corrected chi connectivity index (χ0v) is 18.3. The molecule has 1 N–H and O–H groups in total. The summed E-state index contributed by atoms with van der Waals surface area (Å²) in [6.07, 6.45) is -0.0856. The molecule has 1 atom stereocenters. The van der Waals surface area contributed by atoms with Gasteiger partial charge in [0.15, 0.2) is 12.4 Å². The maximum absolute atomic E-state index is 13.1. The molecule has 3 aromatic rings. The van der Waals surface area contributed by atoms with Gasteiger partial charge in [-0.25, -0.2) is 4.79 Å². The third-order valence-electron chi connectivity index (χ3n) is 5.34. The lowest BCUT2D eigenvalue weighted by molar-refractivity contribution is -0.143. The SMILES string of the molecule is COC(=O)COc1ccccc1[C@@H]1CC(=O)Oc2ccc(C(=O)c3ccc(Cl)cc3)c(O)c21. The van der Waals surface area contributed by atoms with Gasteiger partial charge in [0, 0.05) is 27.6 Å². The minimum absolute atomic E-state index is 0.0620. The summed E-state index contributed by atoms with van der Waals surface area (Å²) in [6, 6.07) is 16.1. The molecule has 1 heterocycles. The highest BCUT2D eigenvalue weighted by Gasteiger charge is 2.35. The van der Waals surface area contributed by atoms with Crippen LogP contribution in [0.3, 0.4) is 0 Å². The van der Waals surface area contributed by atoms with Crippen LogP contribution in [0.1, 0.15) is 39.4 Å². The summed E-state index contributed by atoms with van der Waals surface area (Å²) in [6.45, 7) is -0.321. The molecule has 0 aliphatic carbocycles. The van der Waals surface area contributed by atoms with Crippen LogP contribution < -0.4 is 9.47 Å². The molecule has 1 aliphatic rings. The van der Waals surface area contributed by atoms with Crippen LogP contribution in [0.15, 0.2) is 60.7 Å². The number of phenolic OH excluding ortho intramolecular Hbond substituents is 1. The predicted octanol–water partition coefficient (Wildman–Crippen LogP) is 4.27. The number of ketones is 1. The Kier molecular flexibility index (Phi) is 6.33.